The lowest BCUT2D eigenvalue weighted by Gasteiger charge is -2.13. The third-order valence-corrected chi connectivity index (χ3v) is 4.49. The third kappa shape index (κ3) is 6.70. The van der Waals surface area contributed by atoms with Crippen LogP contribution in [0, 0.1) is 0 Å². The molecule has 1 aliphatic rings. The number of carbonyl (C=O) groups excluding carboxylic acids is 3. The third-order valence-electron chi connectivity index (χ3n) is 3.80. The SMILES string of the molecule is O=C(COC(=O)c1ccccc1Br)NC(=O)NCCC1=CCCCC1. The van der Waals surface area contributed by atoms with E-state index in [1.807, 2.05) is 0 Å². The Morgan fingerprint density at radius 1 is 1.16 bits per heavy atom. The molecular formula is C18H21BrN2O4. The van der Waals surface area contributed by atoms with Gasteiger partial charge in [-0.1, -0.05) is 23.8 Å². The lowest BCUT2D eigenvalue weighted by atomic mass is 9.97. The number of esters is 1. The van der Waals surface area contributed by atoms with Gasteiger partial charge in [-0.3, -0.25) is 10.1 Å². The first kappa shape index (κ1) is 19.2. The van der Waals surface area contributed by atoms with Crippen LogP contribution in [0.1, 0.15) is 42.5 Å². The molecule has 134 valence electrons. The maximum atomic E-state index is 11.9. The van der Waals surface area contributed by atoms with Gasteiger partial charge in [0.25, 0.3) is 5.91 Å². The van der Waals surface area contributed by atoms with E-state index in [0.29, 0.717) is 16.6 Å². The molecule has 0 aliphatic heterocycles. The predicted octanol–water partition coefficient (Wildman–Crippen LogP) is 3.32. The second-order valence-corrected chi connectivity index (χ2v) is 6.57. The molecule has 3 amide bonds. The molecule has 2 N–H and O–H groups in total. The molecule has 2 rings (SSSR count). The molecular weight excluding hydrogens is 388 g/mol. The highest BCUT2D eigenvalue weighted by molar-refractivity contribution is 9.10. The van der Waals surface area contributed by atoms with Crippen LogP contribution in [0.15, 0.2) is 40.4 Å². The van der Waals surface area contributed by atoms with Crippen molar-refractivity contribution in [2.75, 3.05) is 13.2 Å². The number of amides is 3. The molecule has 7 heteroatoms. The number of benzene rings is 1. The van der Waals surface area contributed by atoms with E-state index >= 15 is 0 Å². The van der Waals surface area contributed by atoms with E-state index in [1.54, 1.807) is 24.3 Å². The van der Waals surface area contributed by atoms with E-state index in [-0.39, 0.29) is 0 Å². The van der Waals surface area contributed by atoms with Gasteiger partial charge >= 0.3 is 12.0 Å². The number of nitrogens with one attached hydrogen (secondary N) is 2. The van der Waals surface area contributed by atoms with E-state index in [0.717, 1.165) is 19.3 Å². The summed E-state index contributed by atoms with van der Waals surface area (Å²) in [5, 5.41) is 4.77. The Hall–Kier alpha value is -2.15. The fourth-order valence-electron chi connectivity index (χ4n) is 2.51. The zero-order valence-corrected chi connectivity index (χ0v) is 15.4. The largest absolute Gasteiger partial charge is 0.452 e. The van der Waals surface area contributed by atoms with Crippen molar-refractivity contribution >= 4 is 33.8 Å². The van der Waals surface area contributed by atoms with Crippen molar-refractivity contribution < 1.29 is 19.1 Å². The second-order valence-electron chi connectivity index (χ2n) is 5.72. The summed E-state index contributed by atoms with van der Waals surface area (Å²) in [5.41, 5.74) is 1.67. The summed E-state index contributed by atoms with van der Waals surface area (Å²) in [6.45, 7) is -0.0412. The van der Waals surface area contributed by atoms with Gasteiger partial charge < -0.3 is 10.1 Å². The molecule has 1 aromatic carbocycles. The monoisotopic (exact) mass is 408 g/mol. The molecule has 1 aliphatic carbocycles. The number of rotatable bonds is 6. The molecule has 0 radical (unpaired) electrons. The minimum Gasteiger partial charge on any atom is -0.452 e. The van der Waals surface area contributed by atoms with E-state index in [1.165, 1.54) is 18.4 Å². The van der Waals surface area contributed by atoms with Crippen LogP contribution in [0.3, 0.4) is 0 Å². The minimum absolute atomic E-state index is 0.320. The maximum Gasteiger partial charge on any atom is 0.339 e. The van der Waals surface area contributed by atoms with E-state index in [9.17, 15) is 14.4 Å². The Morgan fingerprint density at radius 3 is 2.68 bits per heavy atom. The lowest BCUT2D eigenvalue weighted by molar-refractivity contribution is -0.123. The summed E-state index contributed by atoms with van der Waals surface area (Å²) in [4.78, 5) is 35.2. The minimum atomic E-state index is -0.671. The van der Waals surface area contributed by atoms with Crippen molar-refractivity contribution in [3.05, 3.63) is 46.0 Å². The first-order valence-corrected chi connectivity index (χ1v) is 9.03. The standard InChI is InChI=1S/C18H21BrN2O4/c19-15-9-5-4-8-14(15)17(23)25-12-16(22)21-18(24)20-11-10-13-6-2-1-3-7-13/h4-6,8-9H,1-3,7,10-12H2,(H2,20,21,22,24). The number of urea groups is 1. The number of hydrogen-bond acceptors (Lipinski definition) is 4. The average Bonchev–Trinajstić information content (AvgIpc) is 2.61. The Morgan fingerprint density at radius 2 is 1.96 bits per heavy atom. The van der Waals surface area contributed by atoms with E-state index < -0.39 is 24.5 Å². The van der Waals surface area contributed by atoms with Crippen LogP contribution in [0.5, 0.6) is 0 Å². The summed E-state index contributed by atoms with van der Waals surface area (Å²) in [5.74, 6) is -1.30. The maximum absolute atomic E-state index is 11.9. The van der Waals surface area contributed by atoms with Gasteiger partial charge in [0, 0.05) is 11.0 Å². The number of ether oxygens (including phenoxy) is 1. The van der Waals surface area contributed by atoms with Crippen LogP contribution < -0.4 is 10.6 Å². The fraction of sp³-hybridized carbons (Fsp3) is 0.389. The molecule has 0 fully saturated rings. The van der Waals surface area contributed by atoms with Crippen LogP contribution in [0.4, 0.5) is 4.79 Å². The molecule has 0 aromatic heterocycles. The van der Waals surface area contributed by atoms with Crippen LogP contribution >= 0.6 is 15.9 Å². The first-order chi connectivity index (χ1) is 12.1. The van der Waals surface area contributed by atoms with E-state index in [4.69, 9.17) is 4.74 Å². The van der Waals surface area contributed by atoms with Gasteiger partial charge in [-0.25, -0.2) is 9.59 Å². The van der Waals surface area contributed by atoms with Crippen molar-refractivity contribution in [2.24, 2.45) is 0 Å². The quantitative estimate of drug-likeness (QED) is 0.558. The van der Waals surface area contributed by atoms with Crippen LogP contribution in [0.2, 0.25) is 0 Å². The van der Waals surface area contributed by atoms with Crippen molar-refractivity contribution in [3.63, 3.8) is 0 Å². The van der Waals surface area contributed by atoms with Crippen molar-refractivity contribution in [1.82, 2.24) is 10.6 Å². The zero-order chi connectivity index (χ0) is 18.1. The Balaban J connectivity index is 1.65. The van der Waals surface area contributed by atoms with Crippen molar-refractivity contribution in [2.45, 2.75) is 32.1 Å². The highest BCUT2D eigenvalue weighted by Crippen LogP contribution is 2.19. The van der Waals surface area contributed by atoms with Gasteiger partial charge in [-0.05, 0) is 60.2 Å². The summed E-state index contributed by atoms with van der Waals surface area (Å²) in [7, 11) is 0. The van der Waals surface area contributed by atoms with Crippen LogP contribution in [0.25, 0.3) is 0 Å². The molecule has 0 spiro atoms. The number of imide groups is 1. The van der Waals surface area contributed by atoms with Crippen LogP contribution in [-0.4, -0.2) is 31.1 Å². The predicted molar refractivity (Wildman–Crippen MR) is 97.1 cm³/mol. The van der Waals surface area contributed by atoms with Crippen molar-refractivity contribution in [1.29, 1.82) is 0 Å². The van der Waals surface area contributed by atoms with E-state index in [2.05, 4.69) is 32.6 Å². The summed E-state index contributed by atoms with van der Waals surface area (Å²) in [6.07, 6.45) is 7.60. The normalized spacial score (nSPS) is 13.6. The first-order valence-electron chi connectivity index (χ1n) is 8.23. The molecule has 0 saturated heterocycles. The fourth-order valence-corrected chi connectivity index (χ4v) is 2.96. The molecule has 0 heterocycles. The molecule has 6 nitrogen and oxygen atoms in total. The Bertz CT molecular complexity index is 673. The molecule has 0 unspecified atom stereocenters. The number of carbonyl (C=O) groups is 3. The van der Waals surface area contributed by atoms with Gasteiger partial charge in [-0.2, -0.15) is 0 Å². The highest BCUT2D eigenvalue weighted by Gasteiger charge is 2.14. The molecule has 0 bridgehead atoms. The molecule has 25 heavy (non-hydrogen) atoms. The van der Waals surface area contributed by atoms with Gasteiger partial charge in [0.1, 0.15) is 0 Å². The number of halogens is 1. The summed E-state index contributed by atoms with van der Waals surface area (Å²) < 4.78 is 5.48. The van der Waals surface area contributed by atoms with Gasteiger partial charge in [0.15, 0.2) is 6.61 Å². The lowest BCUT2D eigenvalue weighted by Crippen LogP contribution is -2.41. The Kier molecular flexibility index (Phi) is 7.66. The topological polar surface area (TPSA) is 84.5 Å². The molecule has 0 atom stereocenters. The average molecular weight is 409 g/mol. The Labute approximate surface area is 155 Å². The summed E-state index contributed by atoms with van der Waals surface area (Å²) in [6, 6.07) is 6.15. The number of hydrogen-bond donors (Lipinski definition) is 2. The van der Waals surface area contributed by atoms with Gasteiger partial charge in [-0.15, -0.1) is 0 Å². The molecule has 1 aromatic rings. The van der Waals surface area contributed by atoms with Crippen molar-refractivity contribution in [3.8, 4) is 0 Å². The van der Waals surface area contributed by atoms with Gasteiger partial charge in [0.05, 0.1) is 5.56 Å². The zero-order valence-electron chi connectivity index (χ0n) is 13.8. The second kappa shape index (κ2) is 9.98. The number of allylic oxidation sites excluding steroid dienone is 1. The van der Waals surface area contributed by atoms with Crippen LogP contribution in [-0.2, 0) is 9.53 Å². The van der Waals surface area contributed by atoms with Gasteiger partial charge in [0.2, 0.25) is 0 Å². The molecule has 0 saturated carbocycles. The highest BCUT2D eigenvalue weighted by atomic mass is 79.9. The smallest absolute Gasteiger partial charge is 0.339 e. The summed E-state index contributed by atoms with van der Waals surface area (Å²) >= 11 is 3.24.